The van der Waals surface area contributed by atoms with Gasteiger partial charge >= 0.3 is 0 Å². The first-order chi connectivity index (χ1) is 19.9. The van der Waals surface area contributed by atoms with Crippen molar-refractivity contribution in [3.8, 4) is 11.5 Å². The Balaban J connectivity index is 1.22. The Bertz CT molecular complexity index is 1440. The third-order valence-electron chi connectivity index (χ3n) is 15.6. The Kier molecular flexibility index (Phi) is 6.46. The van der Waals surface area contributed by atoms with E-state index < -0.39 is 10.4 Å². The minimum atomic E-state index is -4.92. The van der Waals surface area contributed by atoms with E-state index in [0.717, 1.165) is 36.8 Å². The van der Waals surface area contributed by atoms with Crippen molar-refractivity contribution in [2.45, 2.75) is 143 Å². The van der Waals surface area contributed by atoms with Crippen LogP contribution >= 0.6 is 0 Å². The molecule has 1 aromatic carbocycles. The number of benzene rings is 1. The van der Waals surface area contributed by atoms with Gasteiger partial charge in [0.1, 0.15) is 11.5 Å². The molecule has 1 heterocycles. The summed E-state index contributed by atoms with van der Waals surface area (Å²) in [4.78, 5) is 0. The Morgan fingerprint density at radius 2 is 1.53 bits per heavy atom. The first kappa shape index (κ1) is 30.3. The van der Waals surface area contributed by atoms with E-state index in [2.05, 4.69) is 48.5 Å². The van der Waals surface area contributed by atoms with Crippen LogP contribution in [0.3, 0.4) is 0 Å². The molecule has 1 aromatic rings. The summed E-state index contributed by atoms with van der Waals surface area (Å²) in [6, 6.07) is 2.96. The van der Waals surface area contributed by atoms with Crippen molar-refractivity contribution in [1.82, 2.24) is 0 Å². The van der Waals surface area contributed by atoms with E-state index in [1.807, 2.05) is 0 Å². The molecule has 0 spiro atoms. The fourth-order valence-corrected chi connectivity index (χ4v) is 13.7. The van der Waals surface area contributed by atoms with Crippen LogP contribution in [0, 0.1) is 45.3 Å². The van der Waals surface area contributed by atoms with Gasteiger partial charge in [-0.3, -0.25) is 0 Å². The van der Waals surface area contributed by atoms with E-state index in [0.29, 0.717) is 35.7 Å². The third-order valence-corrected chi connectivity index (χ3v) is 16.0. The average molecular weight is 614 g/mol. The first-order valence-corrected chi connectivity index (χ1v) is 18.4. The SMILES string of the molecule is CC1(C)CCC[C@]2(C)O[C@H]3CC[C@](C)([C@@H]4CC[C@]5(C)[C@@H]4CC[C@]4(C)c6c(OS(=O)(=O)[O-])ccc(O)c6C[C@@H]54)[C@]3(C)CC[C@@H]12. The number of hydrogen-bond acceptors (Lipinski definition) is 6. The number of phenolic OH excluding ortho intramolecular Hbond substituents is 1. The summed E-state index contributed by atoms with van der Waals surface area (Å²) >= 11 is 0. The maximum atomic E-state index is 11.7. The zero-order valence-corrected chi connectivity index (χ0v) is 28.2. The molecule has 1 aliphatic heterocycles. The predicted octanol–water partition coefficient (Wildman–Crippen LogP) is 8.06. The number of fused-ring (bicyclic) bond motifs is 7. The lowest BCUT2D eigenvalue weighted by molar-refractivity contribution is -0.179. The van der Waals surface area contributed by atoms with Crippen LogP contribution in [0.4, 0.5) is 0 Å². The molecule has 10 atom stereocenters. The molecule has 0 aromatic heterocycles. The van der Waals surface area contributed by atoms with Crippen LogP contribution in [0.15, 0.2) is 12.1 Å². The maximum absolute atomic E-state index is 11.7. The minimum Gasteiger partial charge on any atom is -0.716 e. The van der Waals surface area contributed by atoms with Gasteiger partial charge in [-0.1, -0.05) is 48.0 Å². The Morgan fingerprint density at radius 3 is 2.26 bits per heavy atom. The summed E-state index contributed by atoms with van der Waals surface area (Å²) in [5.41, 5.74) is 1.85. The maximum Gasteiger partial charge on any atom is 0.262 e. The molecular weight excluding hydrogens is 560 g/mol. The topological polar surface area (TPSA) is 95.9 Å². The molecule has 1 N–H and O–H groups in total. The van der Waals surface area contributed by atoms with Crippen LogP contribution < -0.4 is 4.18 Å². The molecule has 6 nitrogen and oxygen atoms in total. The standard InChI is InChI=1S/C36H54O6S/c1-31(2)15-8-16-36(7)27(31)13-19-35(6)29(41-36)14-20-34(35,5)24-12-17-32(3)23(24)11-18-33(4)28(32)21-22-25(37)9-10-26(30(22)33)42-43(38,39)40/h9-10,23-24,27-29,37H,8,11-21H2,1-7H3,(H,38,39,40)/p-1/t23-,24-,27+,28+,29+,32-,33+,34-,35-,36+/m1/s1. The van der Waals surface area contributed by atoms with Crippen LogP contribution in [-0.2, 0) is 27.0 Å². The van der Waals surface area contributed by atoms with Crippen molar-refractivity contribution in [1.29, 1.82) is 0 Å². The number of aromatic hydroxyl groups is 1. The fourth-order valence-electron chi connectivity index (χ4n) is 13.3. The summed E-state index contributed by atoms with van der Waals surface area (Å²) in [5.74, 6) is 2.32. The largest absolute Gasteiger partial charge is 0.716 e. The van der Waals surface area contributed by atoms with E-state index in [1.54, 1.807) is 0 Å². The van der Waals surface area contributed by atoms with Crippen LogP contribution in [0.1, 0.15) is 130 Å². The molecule has 1 saturated heterocycles. The second-order valence-electron chi connectivity index (χ2n) is 17.6. The highest BCUT2D eigenvalue weighted by molar-refractivity contribution is 7.81. The molecule has 6 aliphatic rings. The van der Waals surface area contributed by atoms with Gasteiger partial charge < -0.3 is 18.6 Å². The van der Waals surface area contributed by atoms with Crippen molar-refractivity contribution in [3.05, 3.63) is 23.3 Å². The van der Waals surface area contributed by atoms with Crippen molar-refractivity contribution >= 4 is 10.4 Å². The van der Waals surface area contributed by atoms with Gasteiger partial charge in [-0.25, -0.2) is 8.42 Å². The molecule has 7 rings (SSSR count). The molecule has 0 amide bonds. The van der Waals surface area contributed by atoms with Gasteiger partial charge in [0.25, 0.3) is 10.4 Å². The average Bonchev–Trinajstić information content (AvgIpc) is 3.46. The minimum absolute atomic E-state index is 0.0265. The molecule has 5 aliphatic carbocycles. The zero-order chi connectivity index (χ0) is 31.0. The van der Waals surface area contributed by atoms with Crippen molar-refractivity contribution in [3.63, 3.8) is 0 Å². The van der Waals surface area contributed by atoms with E-state index in [1.165, 1.54) is 57.1 Å². The molecule has 7 heteroatoms. The summed E-state index contributed by atoms with van der Waals surface area (Å²) in [5, 5.41) is 10.9. The van der Waals surface area contributed by atoms with Gasteiger partial charge in [0, 0.05) is 16.5 Å². The Hall–Kier alpha value is -1.31. The van der Waals surface area contributed by atoms with Gasteiger partial charge in [0.15, 0.2) is 0 Å². The number of rotatable bonds is 3. The van der Waals surface area contributed by atoms with Crippen molar-refractivity contribution < 1.29 is 27.0 Å². The van der Waals surface area contributed by atoms with Gasteiger partial charge in [0.2, 0.25) is 0 Å². The van der Waals surface area contributed by atoms with Crippen molar-refractivity contribution in [2.75, 3.05) is 0 Å². The molecule has 240 valence electrons. The Morgan fingerprint density at radius 1 is 0.837 bits per heavy atom. The number of hydrogen-bond donors (Lipinski definition) is 1. The van der Waals surface area contributed by atoms with Gasteiger partial charge in [-0.05, 0) is 135 Å². The van der Waals surface area contributed by atoms with Gasteiger partial charge in [-0.2, -0.15) is 0 Å². The first-order valence-electron chi connectivity index (χ1n) is 17.1. The third kappa shape index (κ3) is 4.05. The summed E-state index contributed by atoms with van der Waals surface area (Å²) in [6.07, 6.45) is 13.9. The molecular formula is C36H53O6S-. The van der Waals surface area contributed by atoms with Crippen LogP contribution in [0.2, 0.25) is 0 Å². The molecule has 5 fully saturated rings. The lowest BCUT2D eigenvalue weighted by atomic mass is 9.48. The molecule has 43 heavy (non-hydrogen) atoms. The van der Waals surface area contributed by atoms with E-state index in [4.69, 9.17) is 8.92 Å². The summed E-state index contributed by atoms with van der Waals surface area (Å²) in [6.45, 7) is 17.3. The molecule has 4 saturated carbocycles. The number of ether oxygens (including phenoxy) is 1. The lowest BCUT2D eigenvalue weighted by Crippen LogP contribution is -2.52. The number of phenols is 1. The normalized spacial score (nSPS) is 48.4. The smallest absolute Gasteiger partial charge is 0.262 e. The Labute approximate surface area is 259 Å². The van der Waals surface area contributed by atoms with Gasteiger partial charge in [0.05, 0.1) is 11.7 Å². The predicted molar refractivity (Wildman–Crippen MR) is 166 cm³/mol. The van der Waals surface area contributed by atoms with Crippen molar-refractivity contribution in [2.24, 2.45) is 45.3 Å². The van der Waals surface area contributed by atoms with Gasteiger partial charge in [-0.15, -0.1) is 0 Å². The quantitative estimate of drug-likeness (QED) is 0.274. The summed E-state index contributed by atoms with van der Waals surface area (Å²) < 4.78 is 47.4. The second kappa shape index (κ2) is 9.15. The molecule has 0 unspecified atom stereocenters. The second-order valence-corrected chi connectivity index (χ2v) is 18.6. The highest BCUT2D eigenvalue weighted by Crippen LogP contribution is 2.74. The van der Waals surface area contributed by atoms with E-state index >= 15 is 0 Å². The highest BCUT2D eigenvalue weighted by Gasteiger charge is 2.69. The van der Waals surface area contributed by atoms with E-state index in [9.17, 15) is 18.1 Å². The zero-order valence-electron chi connectivity index (χ0n) is 27.4. The van der Waals surface area contributed by atoms with E-state index in [-0.39, 0.29) is 44.7 Å². The fraction of sp³-hybridized carbons (Fsp3) is 0.833. The summed E-state index contributed by atoms with van der Waals surface area (Å²) in [7, 11) is -4.92. The van der Waals surface area contributed by atoms with Crippen LogP contribution in [0.5, 0.6) is 11.5 Å². The highest BCUT2D eigenvalue weighted by atomic mass is 32.3. The van der Waals surface area contributed by atoms with Crippen LogP contribution in [-0.4, -0.2) is 29.8 Å². The van der Waals surface area contributed by atoms with Crippen LogP contribution in [0.25, 0.3) is 0 Å². The lowest BCUT2D eigenvalue weighted by Gasteiger charge is -2.56. The monoisotopic (exact) mass is 613 g/mol. The molecule has 0 bridgehead atoms. The molecule has 0 radical (unpaired) electrons.